The average molecular weight is 425 g/mol. The molecule has 0 saturated carbocycles. The normalized spacial score (nSPS) is 11.0. The Balaban J connectivity index is 1.32. The molecule has 0 bridgehead atoms. The number of aromatic nitrogens is 3. The predicted molar refractivity (Wildman–Crippen MR) is 125 cm³/mol. The van der Waals surface area contributed by atoms with Crippen molar-refractivity contribution in [2.75, 3.05) is 5.32 Å². The molecule has 0 aliphatic rings. The Hall–Kier alpha value is -3.77. The van der Waals surface area contributed by atoms with E-state index in [0.29, 0.717) is 16.5 Å². The van der Waals surface area contributed by atoms with Gasteiger partial charge in [0.05, 0.1) is 11.4 Å². The minimum Gasteiger partial charge on any atom is -0.296 e. The summed E-state index contributed by atoms with van der Waals surface area (Å²) in [6.07, 6.45) is 2.74. The minimum absolute atomic E-state index is 0.213. The number of aryl methyl sites for hydroxylation is 1. The van der Waals surface area contributed by atoms with E-state index in [1.807, 2.05) is 42.8 Å². The average Bonchev–Trinajstić information content (AvgIpc) is 3.38. The van der Waals surface area contributed by atoms with E-state index in [0.717, 1.165) is 23.3 Å². The van der Waals surface area contributed by atoms with Crippen molar-refractivity contribution in [2.45, 2.75) is 13.3 Å². The third-order valence-electron chi connectivity index (χ3n) is 5.14. The molecule has 0 atom stereocenters. The molecule has 31 heavy (non-hydrogen) atoms. The Bertz CT molecular complexity index is 1350. The van der Waals surface area contributed by atoms with E-state index in [1.165, 1.54) is 22.5 Å². The molecule has 5 aromatic rings. The van der Waals surface area contributed by atoms with Gasteiger partial charge in [0.25, 0.3) is 5.91 Å². The Morgan fingerprint density at radius 1 is 0.935 bits per heavy atom. The molecular formula is C25H20N4OS. The highest BCUT2D eigenvalue weighted by atomic mass is 32.1. The van der Waals surface area contributed by atoms with E-state index >= 15 is 0 Å². The molecule has 1 amide bonds. The molecule has 2 aromatic carbocycles. The van der Waals surface area contributed by atoms with E-state index in [1.54, 1.807) is 4.40 Å². The van der Waals surface area contributed by atoms with Crippen LogP contribution in [0.5, 0.6) is 0 Å². The number of nitrogens with zero attached hydrogens (tertiary/aromatic N) is 3. The smallest absolute Gasteiger partial charge is 0.276 e. The van der Waals surface area contributed by atoms with E-state index in [9.17, 15) is 4.79 Å². The number of benzene rings is 2. The second-order valence-electron chi connectivity index (χ2n) is 7.33. The monoisotopic (exact) mass is 424 g/mol. The number of imidazole rings is 1. The zero-order valence-electron chi connectivity index (χ0n) is 16.9. The molecule has 1 N–H and O–H groups in total. The number of amides is 1. The van der Waals surface area contributed by atoms with Crippen molar-refractivity contribution < 1.29 is 4.79 Å². The predicted octanol–water partition coefficient (Wildman–Crippen LogP) is 5.61. The first kappa shape index (κ1) is 19.2. The van der Waals surface area contributed by atoms with E-state index in [-0.39, 0.29) is 5.91 Å². The molecule has 5 rings (SSSR count). The highest BCUT2D eigenvalue weighted by Gasteiger charge is 2.17. The van der Waals surface area contributed by atoms with Crippen LogP contribution >= 0.6 is 11.3 Å². The van der Waals surface area contributed by atoms with Gasteiger partial charge in [-0.05, 0) is 36.6 Å². The van der Waals surface area contributed by atoms with Crippen LogP contribution in [-0.2, 0) is 6.42 Å². The number of anilines is 1. The first-order valence-corrected chi connectivity index (χ1v) is 10.9. The molecule has 3 aromatic heterocycles. The van der Waals surface area contributed by atoms with Crippen molar-refractivity contribution in [3.63, 3.8) is 0 Å². The number of rotatable bonds is 5. The van der Waals surface area contributed by atoms with Crippen molar-refractivity contribution >= 4 is 28.0 Å². The van der Waals surface area contributed by atoms with Gasteiger partial charge in [0.1, 0.15) is 11.3 Å². The van der Waals surface area contributed by atoms with Crippen LogP contribution in [0.25, 0.3) is 16.9 Å². The highest BCUT2D eigenvalue weighted by molar-refractivity contribution is 7.14. The first-order valence-electron chi connectivity index (χ1n) is 10.0. The maximum absolute atomic E-state index is 12.9. The summed E-state index contributed by atoms with van der Waals surface area (Å²) in [6.45, 7) is 1.84. The molecule has 0 aliphatic heterocycles. The second-order valence-corrected chi connectivity index (χ2v) is 8.18. The first-order chi connectivity index (χ1) is 15.2. The molecule has 152 valence electrons. The lowest BCUT2D eigenvalue weighted by atomic mass is 10.0. The molecule has 0 fully saturated rings. The maximum Gasteiger partial charge on any atom is 0.276 e. The van der Waals surface area contributed by atoms with Gasteiger partial charge in [-0.3, -0.25) is 14.5 Å². The van der Waals surface area contributed by atoms with Crippen LogP contribution in [0.15, 0.2) is 84.4 Å². The standard InChI is InChI=1S/C25H20N4OS/c1-17-23(29-14-6-5-9-22(29)26-17)24(30)28-25-27-21(16-31-25)20-12-10-19(11-13-20)15-18-7-3-2-4-8-18/h2-14,16H,15H2,1H3,(H,27,28,30). The molecular weight excluding hydrogens is 404 g/mol. The third kappa shape index (κ3) is 3.98. The zero-order valence-corrected chi connectivity index (χ0v) is 17.8. The van der Waals surface area contributed by atoms with Gasteiger partial charge in [-0.25, -0.2) is 9.97 Å². The van der Waals surface area contributed by atoms with Crippen molar-refractivity contribution in [3.8, 4) is 11.3 Å². The van der Waals surface area contributed by atoms with Crippen LogP contribution in [0.2, 0.25) is 0 Å². The molecule has 6 heteroatoms. The van der Waals surface area contributed by atoms with Crippen LogP contribution in [0, 0.1) is 6.92 Å². The lowest BCUT2D eigenvalue weighted by molar-refractivity contribution is 0.102. The lowest BCUT2D eigenvalue weighted by Gasteiger charge is -2.04. The maximum atomic E-state index is 12.9. The molecule has 0 radical (unpaired) electrons. The SMILES string of the molecule is Cc1nc2ccccn2c1C(=O)Nc1nc(-c2ccc(Cc3ccccc3)cc2)cs1. The largest absolute Gasteiger partial charge is 0.296 e. The number of nitrogens with one attached hydrogen (secondary N) is 1. The Morgan fingerprint density at radius 3 is 2.48 bits per heavy atom. The number of carbonyl (C=O) groups excluding carboxylic acids is 1. The number of hydrogen-bond acceptors (Lipinski definition) is 4. The summed E-state index contributed by atoms with van der Waals surface area (Å²) in [5, 5.41) is 5.45. The summed E-state index contributed by atoms with van der Waals surface area (Å²) in [5.74, 6) is -0.213. The fourth-order valence-corrected chi connectivity index (χ4v) is 4.35. The van der Waals surface area contributed by atoms with Crippen LogP contribution in [-0.4, -0.2) is 20.3 Å². The topological polar surface area (TPSA) is 59.3 Å². The molecule has 5 nitrogen and oxygen atoms in total. The van der Waals surface area contributed by atoms with Crippen LogP contribution in [0.3, 0.4) is 0 Å². The van der Waals surface area contributed by atoms with E-state index in [2.05, 4.69) is 63.8 Å². The summed E-state index contributed by atoms with van der Waals surface area (Å²) in [6, 6.07) is 24.5. The van der Waals surface area contributed by atoms with Gasteiger partial charge in [0.15, 0.2) is 5.13 Å². The molecule has 0 spiro atoms. The van der Waals surface area contributed by atoms with Crippen LogP contribution < -0.4 is 5.32 Å². The van der Waals surface area contributed by atoms with Crippen LogP contribution in [0.1, 0.15) is 27.3 Å². The molecule has 3 heterocycles. The van der Waals surface area contributed by atoms with Gasteiger partial charge in [-0.2, -0.15) is 0 Å². The van der Waals surface area contributed by atoms with Gasteiger partial charge in [0.2, 0.25) is 0 Å². The fourth-order valence-electron chi connectivity index (χ4n) is 3.63. The second kappa shape index (κ2) is 8.16. The number of fused-ring (bicyclic) bond motifs is 1. The Kier molecular flexibility index (Phi) is 5.06. The van der Waals surface area contributed by atoms with Gasteiger partial charge >= 0.3 is 0 Å². The van der Waals surface area contributed by atoms with Gasteiger partial charge in [-0.1, -0.05) is 60.7 Å². The zero-order chi connectivity index (χ0) is 21.2. The lowest BCUT2D eigenvalue weighted by Crippen LogP contribution is -2.15. The number of carbonyl (C=O) groups is 1. The summed E-state index contributed by atoms with van der Waals surface area (Å²) < 4.78 is 1.80. The highest BCUT2D eigenvalue weighted by Crippen LogP contribution is 2.26. The Labute approximate surface area is 184 Å². The molecule has 0 aliphatic carbocycles. The Morgan fingerprint density at radius 2 is 1.68 bits per heavy atom. The van der Waals surface area contributed by atoms with Crippen molar-refractivity contribution in [1.82, 2.24) is 14.4 Å². The van der Waals surface area contributed by atoms with Crippen molar-refractivity contribution in [1.29, 1.82) is 0 Å². The third-order valence-corrected chi connectivity index (χ3v) is 5.90. The quantitative estimate of drug-likeness (QED) is 0.399. The summed E-state index contributed by atoms with van der Waals surface area (Å²) in [4.78, 5) is 21.9. The van der Waals surface area contributed by atoms with Gasteiger partial charge < -0.3 is 0 Å². The number of hydrogen-bond donors (Lipinski definition) is 1. The summed E-state index contributed by atoms with van der Waals surface area (Å²) in [5.41, 5.74) is 6.38. The van der Waals surface area contributed by atoms with Crippen LogP contribution in [0.4, 0.5) is 5.13 Å². The number of thiazole rings is 1. The molecule has 0 saturated heterocycles. The van der Waals surface area contributed by atoms with Gasteiger partial charge in [-0.15, -0.1) is 11.3 Å². The van der Waals surface area contributed by atoms with E-state index < -0.39 is 0 Å². The number of pyridine rings is 1. The molecule has 0 unspecified atom stereocenters. The minimum atomic E-state index is -0.213. The fraction of sp³-hybridized carbons (Fsp3) is 0.0800. The van der Waals surface area contributed by atoms with Crippen molar-refractivity contribution in [2.24, 2.45) is 0 Å². The van der Waals surface area contributed by atoms with E-state index in [4.69, 9.17) is 0 Å². The summed E-state index contributed by atoms with van der Waals surface area (Å²) in [7, 11) is 0. The summed E-state index contributed by atoms with van der Waals surface area (Å²) >= 11 is 1.42. The van der Waals surface area contributed by atoms with Gasteiger partial charge in [0, 0.05) is 17.1 Å². The van der Waals surface area contributed by atoms with Crippen molar-refractivity contribution in [3.05, 3.63) is 107 Å².